The summed E-state index contributed by atoms with van der Waals surface area (Å²) >= 11 is 1.31. The summed E-state index contributed by atoms with van der Waals surface area (Å²) in [6.45, 7) is 14.7. The largest absolute Gasteiger partial charge is 0.481 e. The minimum absolute atomic E-state index is 0.0117. The fourth-order valence-corrected chi connectivity index (χ4v) is 14.2. The SMILES string of the molecule is C/C=C1\C=C[C@@]2(C)C(=C1)CC[C@@H]1[C@@H]2[C@@H](O)C[C@@]2(C)[C@H]1C[C@H]1O[C@@H](c3ccc(Cc4cccc(NC(=O)[C@H](C)NC(=O)[C@@H](NC(=O)CCNC(=O)C(CC(=O)O)SC(C)CCCC)C(C)C)c4)cc3)O[C@]12C(=O)CO. The predicted molar refractivity (Wildman–Crippen MR) is 285 cm³/mol. The highest BCUT2D eigenvalue weighted by molar-refractivity contribution is 8.01. The first-order chi connectivity index (χ1) is 35.2. The van der Waals surface area contributed by atoms with Crippen molar-refractivity contribution >= 4 is 52.8 Å². The maximum Gasteiger partial charge on any atom is 0.305 e. The number of ketones is 1. The first-order valence-electron chi connectivity index (χ1n) is 26.6. The zero-order valence-corrected chi connectivity index (χ0v) is 45.1. The molecule has 7 N–H and O–H groups in total. The molecule has 7 rings (SSSR count). The number of carboxylic acids is 1. The van der Waals surface area contributed by atoms with E-state index in [1.54, 1.807) is 26.8 Å². The van der Waals surface area contributed by atoms with Crippen molar-refractivity contribution in [2.45, 2.75) is 166 Å². The number of aliphatic carboxylic acids is 1. The average Bonchev–Trinajstić information content (AvgIpc) is 3.87. The summed E-state index contributed by atoms with van der Waals surface area (Å²) in [5.41, 5.74) is 3.21. The quantitative estimate of drug-likeness (QED) is 0.0608. The van der Waals surface area contributed by atoms with Gasteiger partial charge in [-0.1, -0.05) is 121 Å². The van der Waals surface area contributed by atoms with Crippen LogP contribution in [0.5, 0.6) is 0 Å². The first kappa shape index (κ1) is 56.6. The molecule has 0 spiro atoms. The van der Waals surface area contributed by atoms with E-state index in [0.717, 1.165) is 48.8 Å². The standard InChI is InChI=1S/C58H78N4O11S/c1-9-11-13-34(5)74-45(30-49(67)68)53(70)59-25-23-48(66)62-51(33(3)4)54(71)60-35(6)52(69)61-41-15-12-14-38(28-41)26-37-16-18-39(19-17-37)55-72-47-29-43-42-21-20-40-27-36(10-2)22-24-56(40,7)50(42)44(64)31-57(43,8)58(47,73-55)46(65)32-63/h10,12,14-19,22,24,27-28,33-35,42-45,47,50-51,55,63-64H,9,11,13,20-21,23,25-26,29-32H2,1-8H3,(H,59,70)(H,60,71)(H,61,69)(H,62,66)(H,67,68)/b36-10+/t34?,35-,42-,43-,44-,45?,47+,50+,51-,55+,56-,57-,58+/m0/s1. The Morgan fingerprint density at radius 1 is 0.959 bits per heavy atom. The number of carbonyl (C=O) groups excluding carboxylic acids is 5. The molecule has 2 aromatic carbocycles. The number of ether oxygens (including phenoxy) is 2. The number of amides is 4. The summed E-state index contributed by atoms with van der Waals surface area (Å²) in [5, 5.41) is 42.2. The molecule has 15 nitrogen and oxygen atoms in total. The van der Waals surface area contributed by atoms with Crippen LogP contribution in [0.1, 0.15) is 136 Å². The van der Waals surface area contributed by atoms with E-state index in [9.17, 15) is 44.1 Å². The Hall–Kier alpha value is -5.13. The fraction of sp³-hybridized carbons (Fsp3) is 0.586. The number of benzene rings is 2. The Labute approximate surface area is 440 Å². The maximum absolute atomic E-state index is 14.1. The topological polar surface area (TPSA) is 230 Å². The van der Waals surface area contributed by atoms with Gasteiger partial charge in [-0.05, 0) is 99.0 Å². The minimum atomic E-state index is -1.42. The number of nitrogens with one attached hydrogen (secondary N) is 4. The predicted octanol–water partition coefficient (Wildman–Crippen LogP) is 7.50. The smallest absolute Gasteiger partial charge is 0.305 e. The van der Waals surface area contributed by atoms with Crippen molar-refractivity contribution in [1.82, 2.24) is 16.0 Å². The van der Waals surface area contributed by atoms with Crippen LogP contribution < -0.4 is 21.3 Å². The molecule has 74 heavy (non-hydrogen) atoms. The van der Waals surface area contributed by atoms with Gasteiger partial charge in [0.25, 0.3) is 0 Å². The van der Waals surface area contributed by atoms with Crippen molar-refractivity contribution < 1.29 is 53.6 Å². The third kappa shape index (κ3) is 11.8. The molecule has 402 valence electrons. The molecule has 0 aromatic heterocycles. The van der Waals surface area contributed by atoms with E-state index in [-0.39, 0.29) is 53.7 Å². The molecule has 2 unspecified atom stereocenters. The molecule has 5 aliphatic rings. The number of anilines is 1. The van der Waals surface area contributed by atoms with Gasteiger partial charge >= 0.3 is 5.97 Å². The highest BCUT2D eigenvalue weighted by Gasteiger charge is 2.76. The number of Topliss-reactive ketones (excluding diaryl/α,β-unsaturated/α-hetero) is 1. The molecule has 4 aliphatic carbocycles. The van der Waals surface area contributed by atoms with Crippen molar-refractivity contribution in [3.8, 4) is 0 Å². The van der Waals surface area contributed by atoms with E-state index >= 15 is 0 Å². The van der Waals surface area contributed by atoms with Crippen molar-refractivity contribution in [2.24, 2.45) is 34.5 Å². The lowest BCUT2D eigenvalue weighted by Crippen LogP contribution is -2.63. The van der Waals surface area contributed by atoms with Crippen LogP contribution >= 0.6 is 11.8 Å². The third-order valence-corrected chi connectivity index (χ3v) is 18.1. The van der Waals surface area contributed by atoms with Gasteiger partial charge in [-0.2, -0.15) is 0 Å². The van der Waals surface area contributed by atoms with Crippen LogP contribution in [0.3, 0.4) is 0 Å². The van der Waals surface area contributed by atoms with E-state index in [1.165, 1.54) is 22.9 Å². The number of thioether (sulfide) groups is 1. The second-order valence-corrected chi connectivity index (χ2v) is 23.7. The Bertz CT molecular complexity index is 2510. The lowest BCUT2D eigenvalue weighted by molar-refractivity contribution is -0.201. The van der Waals surface area contributed by atoms with E-state index in [4.69, 9.17) is 9.47 Å². The first-order valence-corrected chi connectivity index (χ1v) is 27.6. The molecule has 0 bridgehead atoms. The zero-order valence-electron chi connectivity index (χ0n) is 44.3. The highest BCUT2D eigenvalue weighted by atomic mass is 32.2. The van der Waals surface area contributed by atoms with Crippen LogP contribution in [-0.2, 0) is 44.7 Å². The Kier molecular flexibility index (Phi) is 18.2. The monoisotopic (exact) mass is 1040 g/mol. The van der Waals surface area contributed by atoms with Crippen molar-refractivity contribution in [3.63, 3.8) is 0 Å². The van der Waals surface area contributed by atoms with Gasteiger partial charge < -0.3 is 46.1 Å². The third-order valence-electron chi connectivity index (χ3n) is 16.7. The number of carboxylic acid groups (broad SMARTS) is 1. The summed E-state index contributed by atoms with van der Waals surface area (Å²) in [6, 6.07) is 13.3. The Morgan fingerprint density at radius 2 is 1.70 bits per heavy atom. The summed E-state index contributed by atoms with van der Waals surface area (Å²) in [6.07, 6.45) is 12.4. The number of hydrogen-bond donors (Lipinski definition) is 7. The number of aliphatic hydroxyl groups excluding tert-OH is 2. The van der Waals surface area contributed by atoms with E-state index < -0.39 is 88.8 Å². The molecule has 1 saturated heterocycles. The van der Waals surface area contributed by atoms with Gasteiger partial charge in [-0.15, -0.1) is 11.8 Å². The van der Waals surface area contributed by atoms with Gasteiger partial charge in [-0.3, -0.25) is 28.8 Å². The van der Waals surface area contributed by atoms with Crippen molar-refractivity contribution in [3.05, 3.63) is 101 Å². The van der Waals surface area contributed by atoms with Gasteiger partial charge in [0.2, 0.25) is 23.6 Å². The van der Waals surface area contributed by atoms with Gasteiger partial charge in [0.1, 0.15) is 18.7 Å². The number of rotatable bonds is 22. The number of allylic oxidation sites excluding steroid dienone is 6. The molecule has 2 aromatic rings. The number of aliphatic hydroxyl groups is 2. The number of hydrogen-bond acceptors (Lipinski definition) is 11. The van der Waals surface area contributed by atoms with Crippen LogP contribution in [-0.4, -0.2) is 104 Å². The average molecular weight is 1040 g/mol. The van der Waals surface area contributed by atoms with Crippen molar-refractivity contribution in [1.29, 1.82) is 0 Å². The van der Waals surface area contributed by atoms with Crippen molar-refractivity contribution in [2.75, 3.05) is 18.5 Å². The molecule has 0 radical (unpaired) electrons. The van der Waals surface area contributed by atoms with E-state index in [2.05, 4.69) is 66.3 Å². The van der Waals surface area contributed by atoms with E-state index in [0.29, 0.717) is 24.9 Å². The number of carbonyl (C=O) groups is 6. The molecular formula is C58H78N4O11S. The fourth-order valence-electron chi connectivity index (χ4n) is 12.9. The summed E-state index contributed by atoms with van der Waals surface area (Å²) in [7, 11) is 0. The van der Waals surface area contributed by atoms with Crippen LogP contribution in [0.15, 0.2) is 84.0 Å². The molecule has 4 amide bonds. The molecule has 3 saturated carbocycles. The lowest BCUT2D eigenvalue weighted by Gasteiger charge is -2.59. The molecule has 1 aliphatic heterocycles. The normalized spacial score (nSPS) is 29.9. The lowest BCUT2D eigenvalue weighted by atomic mass is 9.46. The zero-order chi connectivity index (χ0) is 53.7. The summed E-state index contributed by atoms with van der Waals surface area (Å²) in [4.78, 5) is 78.2. The molecule has 1 heterocycles. The van der Waals surface area contributed by atoms with Gasteiger partial charge in [0.15, 0.2) is 17.7 Å². The molecule has 4 fully saturated rings. The van der Waals surface area contributed by atoms with Crippen LogP contribution in [0.4, 0.5) is 5.69 Å². The number of unbranched alkanes of at least 4 members (excludes halogenated alkanes) is 1. The second-order valence-electron chi connectivity index (χ2n) is 22.1. The van der Waals surface area contributed by atoms with E-state index in [1.807, 2.05) is 56.3 Å². The number of fused-ring (bicyclic) bond motifs is 7. The highest BCUT2D eigenvalue weighted by Crippen LogP contribution is 2.70. The van der Waals surface area contributed by atoms with Crippen LogP contribution in [0.25, 0.3) is 0 Å². The summed E-state index contributed by atoms with van der Waals surface area (Å²) in [5.74, 6) is -3.57. The van der Waals surface area contributed by atoms with Gasteiger partial charge in [-0.25, -0.2) is 0 Å². The molecular weight excluding hydrogens is 961 g/mol. The van der Waals surface area contributed by atoms with Crippen LogP contribution in [0.2, 0.25) is 0 Å². The minimum Gasteiger partial charge on any atom is -0.481 e. The molecule has 16 heteroatoms. The Balaban J connectivity index is 0.916. The van der Waals surface area contributed by atoms with Gasteiger partial charge in [0, 0.05) is 46.2 Å². The Morgan fingerprint density at radius 3 is 2.38 bits per heavy atom. The maximum atomic E-state index is 14.1. The second kappa shape index (κ2) is 23.8. The van der Waals surface area contributed by atoms with Gasteiger partial charge in [0.05, 0.1) is 23.9 Å². The molecule has 13 atom stereocenters. The van der Waals surface area contributed by atoms with Crippen LogP contribution in [0, 0.1) is 34.5 Å². The summed E-state index contributed by atoms with van der Waals surface area (Å²) < 4.78 is 13.5.